The van der Waals surface area contributed by atoms with E-state index in [1.165, 1.54) is 24.3 Å². The molecular formula is C16H23NO5S. The van der Waals surface area contributed by atoms with Crippen molar-refractivity contribution < 1.29 is 22.7 Å². The Morgan fingerprint density at radius 3 is 2.00 bits per heavy atom. The fourth-order valence-corrected chi connectivity index (χ4v) is 3.05. The summed E-state index contributed by atoms with van der Waals surface area (Å²) < 4.78 is 29.1. The molecule has 0 fully saturated rings. The fraction of sp³-hybridized carbons (Fsp3) is 0.500. The Morgan fingerprint density at radius 1 is 1.00 bits per heavy atom. The van der Waals surface area contributed by atoms with Gasteiger partial charge in [0.1, 0.15) is 5.60 Å². The van der Waals surface area contributed by atoms with E-state index in [0.29, 0.717) is 0 Å². The summed E-state index contributed by atoms with van der Waals surface area (Å²) in [6, 6.07) is 5.78. The van der Waals surface area contributed by atoms with Crippen molar-refractivity contribution >= 4 is 21.8 Å². The number of amides is 2. The van der Waals surface area contributed by atoms with E-state index in [1.54, 1.807) is 41.5 Å². The van der Waals surface area contributed by atoms with Crippen LogP contribution in [-0.2, 0) is 14.6 Å². The van der Waals surface area contributed by atoms with Crippen LogP contribution in [0.3, 0.4) is 0 Å². The molecule has 0 aromatic heterocycles. The van der Waals surface area contributed by atoms with E-state index >= 15 is 0 Å². The number of hydrogen-bond donors (Lipinski definition) is 1. The lowest BCUT2D eigenvalue weighted by Gasteiger charge is -2.22. The first kappa shape index (κ1) is 19.2. The Kier molecular flexibility index (Phi) is 5.26. The number of nitrogens with one attached hydrogen (secondary N) is 1. The van der Waals surface area contributed by atoms with Gasteiger partial charge in [-0.15, -0.1) is 0 Å². The topological polar surface area (TPSA) is 89.5 Å². The first-order chi connectivity index (χ1) is 10.3. The Balaban J connectivity index is 3.17. The second-order valence-electron chi connectivity index (χ2n) is 7.07. The van der Waals surface area contributed by atoms with Crippen molar-refractivity contribution in [3.8, 4) is 0 Å². The summed E-state index contributed by atoms with van der Waals surface area (Å²) in [4.78, 5) is 23.8. The SMILES string of the molecule is CC(C)(C)OC(=O)NC(=O)c1ccccc1S(=O)(=O)C(C)(C)C. The van der Waals surface area contributed by atoms with Crippen LogP contribution in [0.1, 0.15) is 51.9 Å². The van der Waals surface area contributed by atoms with Gasteiger partial charge in [0.2, 0.25) is 0 Å². The molecule has 0 atom stereocenters. The molecule has 1 rings (SSSR count). The third-order valence-corrected chi connectivity index (χ3v) is 5.39. The van der Waals surface area contributed by atoms with Gasteiger partial charge >= 0.3 is 6.09 Å². The second-order valence-corrected chi connectivity index (χ2v) is 9.74. The van der Waals surface area contributed by atoms with E-state index < -0.39 is 32.2 Å². The Hall–Kier alpha value is -1.89. The lowest BCUT2D eigenvalue weighted by atomic mass is 10.2. The molecule has 0 unspecified atom stereocenters. The average molecular weight is 341 g/mol. The molecule has 0 saturated carbocycles. The Bertz CT molecular complexity index is 709. The molecule has 0 heterocycles. The summed E-state index contributed by atoms with van der Waals surface area (Å²) in [5, 5.41) is 2.05. The molecule has 1 aromatic rings. The number of sulfone groups is 1. The summed E-state index contributed by atoms with van der Waals surface area (Å²) in [5.74, 6) is -0.817. The predicted molar refractivity (Wildman–Crippen MR) is 87.1 cm³/mol. The zero-order valence-corrected chi connectivity index (χ0v) is 15.1. The number of carbonyl (C=O) groups excluding carboxylic acids is 2. The summed E-state index contributed by atoms with van der Waals surface area (Å²) in [7, 11) is -3.74. The maximum atomic E-state index is 12.6. The molecular weight excluding hydrogens is 318 g/mol. The van der Waals surface area contributed by atoms with Crippen LogP contribution in [0.2, 0.25) is 0 Å². The van der Waals surface area contributed by atoms with Crippen molar-refractivity contribution in [2.24, 2.45) is 0 Å². The number of imide groups is 1. The van der Waals surface area contributed by atoms with Gasteiger partial charge in [0, 0.05) is 0 Å². The molecule has 2 amide bonds. The summed E-state index contributed by atoms with van der Waals surface area (Å²) in [6.45, 7) is 9.62. The lowest BCUT2D eigenvalue weighted by Crippen LogP contribution is -2.37. The third kappa shape index (κ3) is 4.79. The quantitative estimate of drug-likeness (QED) is 0.893. The number of alkyl carbamates (subject to hydrolysis) is 1. The Labute approximate surface area is 137 Å². The van der Waals surface area contributed by atoms with Crippen molar-refractivity contribution in [3.63, 3.8) is 0 Å². The van der Waals surface area contributed by atoms with Crippen LogP contribution in [0.15, 0.2) is 29.2 Å². The van der Waals surface area contributed by atoms with Crippen LogP contribution in [0.25, 0.3) is 0 Å². The minimum Gasteiger partial charge on any atom is -0.444 e. The third-order valence-electron chi connectivity index (χ3n) is 2.84. The molecule has 128 valence electrons. The summed E-state index contributed by atoms with van der Waals surface area (Å²) >= 11 is 0. The second kappa shape index (κ2) is 6.31. The number of benzene rings is 1. The molecule has 1 aromatic carbocycles. The molecule has 0 aliphatic carbocycles. The lowest BCUT2D eigenvalue weighted by molar-refractivity contribution is 0.0507. The molecule has 23 heavy (non-hydrogen) atoms. The van der Waals surface area contributed by atoms with Crippen LogP contribution in [-0.4, -0.2) is 30.8 Å². The highest BCUT2D eigenvalue weighted by molar-refractivity contribution is 7.92. The normalized spacial score (nSPS) is 12.6. The van der Waals surface area contributed by atoms with Gasteiger partial charge < -0.3 is 4.74 Å². The molecule has 6 nitrogen and oxygen atoms in total. The zero-order valence-electron chi connectivity index (χ0n) is 14.3. The van der Waals surface area contributed by atoms with E-state index in [-0.39, 0.29) is 10.5 Å². The van der Waals surface area contributed by atoms with Gasteiger partial charge in [0.25, 0.3) is 5.91 Å². The van der Waals surface area contributed by atoms with Gasteiger partial charge in [-0.1, -0.05) is 12.1 Å². The monoisotopic (exact) mass is 341 g/mol. The highest BCUT2D eigenvalue weighted by Crippen LogP contribution is 2.27. The Morgan fingerprint density at radius 2 is 1.52 bits per heavy atom. The number of carbonyl (C=O) groups is 2. The van der Waals surface area contributed by atoms with Gasteiger partial charge in [-0.05, 0) is 53.7 Å². The summed E-state index contributed by atoms with van der Waals surface area (Å²) in [5.41, 5.74) is -0.852. The van der Waals surface area contributed by atoms with Gasteiger partial charge in [0.15, 0.2) is 9.84 Å². The molecule has 7 heteroatoms. The molecule has 0 bridgehead atoms. The van der Waals surface area contributed by atoms with Crippen LogP contribution >= 0.6 is 0 Å². The van der Waals surface area contributed by atoms with Crippen molar-refractivity contribution in [1.82, 2.24) is 5.32 Å². The highest BCUT2D eigenvalue weighted by Gasteiger charge is 2.34. The van der Waals surface area contributed by atoms with E-state index in [4.69, 9.17) is 4.74 Å². The number of rotatable bonds is 2. The van der Waals surface area contributed by atoms with Crippen molar-refractivity contribution in [3.05, 3.63) is 29.8 Å². The average Bonchev–Trinajstić information content (AvgIpc) is 2.34. The van der Waals surface area contributed by atoms with Gasteiger partial charge in [-0.3, -0.25) is 10.1 Å². The van der Waals surface area contributed by atoms with Crippen LogP contribution < -0.4 is 5.32 Å². The molecule has 0 saturated heterocycles. The summed E-state index contributed by atoms with van der Waals surface area (Å²) in [6.07, 6.45) is -0.926. The molecule has 1 N–H and O–H groups in total. The van der Waals surface area contributed by atoms with E-state index in [0.717, 1.165) is 0 Å². The van der Waals surface area contributed by atoms with Gasteiger partial charge in [-0.2, -0.15) is 0 Å². The van der Waals surface area contributed by atoms with Crippen molar-refractivity contribution in [2.45, 2.75) is 56.8 Å². The first-order valence-electron chi connectivity index (χ1n) is 7.14. The predicted octanol–water partition coefficient (Wildman–Crippen LogP) is 2.92. The maximum absolute atomic E-state index is 12.6. The largest absolute Gasteiger partial charge is 0.444 e. The molecule has 0 radical (unpaired) electrons. The van der Waals surface area contributed by atoms with Crippen LogP contribution in [0, 0.1) is 0 Å². The number of ether oxygens (including phenoxy) is 1. The van der Waals surface area contributed by atoms with E-state index in [9.17, 15) is 18.0 Å². The van der Waals surface area contributed by atoms with Gasteiger partial charge in [0.05, 0.1) is 15.2 Å². The first-order valence-corrected chi connectivity index (χ1v) is 8.62. The maximum Gasteiger partial charge on any atom is 0.414 e. The fourth-order valence-electron chi connectivity index (χ4n) is 1.68. The standard InChI is InChI=1S/C16H23NO5S/c1-15(2,3)22-14(19)17-13(18)11-9-7-8-10-12(11)23(20,21)16(4,5)6/h7-10H,1-6H3,(H,17,18,19). The van der Waals surface area contributed by atoms with E-state index in [2.05, 4.69) is 5.32 Å². The van der Waals surface area contributed by atoms with Crippen molar-refractivity contribution in [2.75, 3.05) is 0 Å². The van der Waals surface area contributed by atoms with Crippen LogP contribution in [0.4, 0.5) is 4.79 Å². The van der Waals surface area contributed by atoms with Crippen molar-refractivity contribution in [1.29, 1.82) is 0 Å². The van der Waals surface area contributed by atoms with Gasteiger partial charge in [-0.25, -0.2) is 13.2 Å². The zero-order chi connectivity index (χ0) is 18.1. The smallest absolute Gasteiger partial charge is 0.414 e. The minimum absolute atomic E-state index is 0.0896. The molecule has 0 aliphatic heterocycles. The highest BCUT2D eigenvalue weighted by atomic mass is 32.2. The van der Waals surface area contributed by atoms with Crippen LogP contribution in [0.5, 0.6) is 0 Å². The number of hydrogen-bond acceptors (Lipinski definition) is 5. The molecule has 0 spiro atoms. The van der Waals surface area contributed by atoms with E-state index in [1.807, 2.05) is 0 Å². The minimum atomic E-state index is -3.74. The molecule has 0 aliphatic rings.